The van der Waals surface area contributed by atoms with Crippen LogP contribution in [0.15, 0.2) is 0 Å². The van der Waals surface area contributed by atoms with Crippen LogP contribution in [-0.2, 0) is 14.3 Å². The van der Waals surface area contributed by atoms with E-state index in [-0.39, 0.29) is 44.7 Å². The van der Waals surface area contributed by atoms with Gasteiger partial charge in [-0.15, -0.1) is 0 Å². The molecule has 0 aromatic rings. The van der Waals surface area contributed by atoms with Crippen molar-refractivity contribution in [2.24, 2.45) is 11.8 Å². The highest BCUT2D eigenvalue weighted by atomic mass is 19.4. The van der Waals surface area contributed by atoms with Crippen molar-refractivity contribution in [3.05, 3.63) is 0 Å². The van der Waals surface area contributed by atoms with Gasteiger partial charge < -0.3 is 9.64 Å². The maximum absolute atomic E-state index is 12.5. The fourth-order valence-corrected chi connectivity index (χ4v) is 2.46. The van der Waals surface area contributed by atoms with Gasteiger partial charge in [-0.05, 0) is 32.6 Å². The van der Waals surface area contributed by atoms with Gasteiger partial charge in [0.05, 0.1) is 12.5 Å². The summed E-state index contributed by atoms with van der Waals surface area (Å²) >= 11 is 0. The molecule has 0 radical (unpaired) electrons. The Morgan fingerprint density at radius 2 is 1.75 bits per heavy atom. The van der Waals surface area contributed by atoms with Crippen molar-refractivity contribution in [1.82, 2.24) is 4.90 Å². The molecule has 0 unspecified atom stereocenters. The smallest absolute Gasteiger partial charge is 0.391 e. The second kappa shape index (κ2) is 6.95. The number of hydrogen-bond acceptors (Lipinski definition) is 3. The van der Waals surface area contributed by atoms with E-state index in [0.29, 0.717) is 0 Å². The van der Waals surface area contributed by atoms with Crippen LogP contribution in [0.2, 0.25) is 0 Å². The Balaban J connectivity index is 2.44. The standard InChI is InChI=1S/C13H20F3NO3/c1-3-20-11(18)8-17(2)12(19)9-4-6-10(7-5-9)13(14,15)16/h9-10H,3-8H2,1-2H3. The number of rotatable bonds is 4. The second-order valence-electron chi connectivity index (χ2n) is 5.09. The largest absolute Gasteiger partial charge is 0.465 e. The summed E-state index contributed by atoms with van der Waals surface area (Å²) in [6.07, 6.45) is -3.78. The van der Waals surface area contributed by atoms with E-state index >= 15 is 0 Å². The Labute approximate surface area is 116 Å². The van der Waals surface area contributed by atoms with Crippen molar-refractivity contribution < 1.29 is 27.5 Å². The van der Waals surface area contributed by atoms with Crippen molar-refractivity contribution >= 4 is 11.9 Å². The van der Waals surface area contributed by atoms with E-state index < -0.39 is 24.0 Å². The lowest BCUT2D eigenvalue weighted by atomic mass is 9.81. The number of amides is 1. The zero-order chi connectivity index (χ0) is 15.3. The van der Waals surface area contributed by atoms with Crippen molar-refractivity contribution in [2.45, 2.75) is 38.8 Å². The van der Waals surface area contributed by atoms with Crippen molar-refractivity contribution in [3.63, 3.8) is 0 Å². The highest BCUT2D eigenvalue weighted by Gasteiger charge is 2.42. The molecule has 0 aliphatic heterocycles. The maximum Gasteiger partial charge on any atom is 0.391 e. The van der Waals surface area contributed by atoms with E-state index in [1.165, 1.54) is 11.9 Å². The summed E-state index contributed by atoms with van der Waals surface area (Å²) in [6.45, 7) is 1.74. The summed E-state index contributed by atoms with van der Waals surface area (Å²) in [7, 11) is 1.47. The van der Waals surface area contributed by atoms with Gasteiger partial charge in [0.15, 0.2) is 0 Å². The lowest BCUT2D eigenvalue weighted by Gasteiger charge is -2.31. The fourth-order valence-electron chi connectivity index (χ4n) is 2.46. The number of likely N-dealkylation sites (N-methyl/N-ethyl adjacent to an activating group) is 1. The molecule has 1 aliphatic rings. The number of esters is 1. The monoisotopic (exact) mass is 295 g/mol. The first-order chi connectivity index (χ1) is 9.25. The van der Waals surface area contributed by atoms with Crippen LogP contribution < -0.4 is 0 Å². The summed E-state index contributed by atoms with van der Waals surface area (Å²) in [5.41, 5.74) is 0. The predicted octanol–water partition coefficient (Wildman–Crippen LogP) is 2.38. The molecule has 0 aromatic carbocycles. The van der Waals surface area contributed by atoms with Gasteiger partial charge in [-0.25, -0.2) is 0 Å². The number of nitrogens with zero attached hydrogens (tertiary/aromatic N) is 1. The van der Waals surface area contributed by atoms with Crippen molar-refractivity contribution in [3.8, 4) is 0 Å². The average Bonchev–Trinajstić information content (AvgIpc) is 2.37. The molecule has 1 aliphatic carbocycles. The van der Waals surface area contributed by atoms with Crippen molar-refractivity contribution in [2.75, 3.05) is 20.2 Å². The molecule has 1 rings (SSSR count). The van der Waals surface area contributed by atoms with Gasteiger partial charge in [0.1, 0.15) is 6.54 Å². The number of alkyl halides is 3. The fraction of sp³-hybridized carbons (Fsp3) is 0.846. The molecule has 116 valence electrons. The van der Waals surface area contributed by atoms with Crippen LogP contribution in [0.5, 0.6) is 0 Å². The van der Waals surface area contributed by atoms with Crippen LogP contribution in [-0.4, -0.2) is 43.2 Å². The van der Waals surface area contributed by atoms with Gasteiger partial charge in [0.2, 0.25) is 5.91 Å². The Morgan fingerprint density at radius 1 is 1.20 bits per heavy atom. The molecule has 0 atom stereocenters. The van der Waals surface area contributed by atoms with Crippen molar-refractivity contribution in [1.29, 1.82) is 0 Å². The van der Waals surface area contributed by atoms with Gasteiger partial charge in [0.25, 0.3) is 0 Å². The van der Waals surface area contributed by atoms with Gasteiger partial charge in [-0.2, -0.15) is 13.2 Å². The molecule has 0 bridgehead atoms. The third-order valence-corrected chi connectivity index (χ3v) is 3.59. The van der Waals surface area contributed by atoms with Crippen LogP contribution in [0.25, 0.3) is 0 Å². The lowest BCUT2D eigenvalue weighted by Crippen LogP contribution is -2.39. The third-order valence-electron chi connectivity index (χ3n) is 3.59. The molecule has 1 amide bonds. The first kappa shape index (κ1) is 16.8. The molecule has 1 saturated carbocycles. The molecule has 1 fully saturated rings. The molecule has 0 spiro atoms. The Kier molecular flexibility index (Phi) is 5.83. The zero-order valence-electron chi connectivity index (χ0n) is 11.7. The summed E-state index contributed by atoms with van der Waals surface area (Å²) in [6, 6.07) is 0. The number of carbonyl (C=O) groups excluding carboxylic acids is 2. The quantitative estimate of drug-likeness (QED) is 0.748. The van der Waals surface area contributed by atoms with Gasteiger partial charge in [-0.1, -0.05) is 0 Å². The highest BCUT2D eigenvalue weighted by Crippen LogP contribution is 2.39. The second-order valence-corrected chi connectivity index (χ2v) is 5.09. The molecular formula is C13H20F3NO3. The molecule has 4 nitrogen and oxygen atoms in total. The molecule has 0 N–H and O–H groups in total. The van der Waals surface area contributed by atoms with Gasteiger partial charge in [0, 0.05) is 13.0 Å². The van der Waals surface area contributed by atoms with Crippen LogP contribution in [0.4, 0.5) is 13.2 Å². The Hall–Kier alpha value is -1.27. The molecule has 0 saturated heterocycles. The van der Waals surface area contributed by atoms with E-state index in [2.05, 4.69) is 0 Å². The molecule has 7 heteroatoms. The van der Waals surface area contributed by atoms with Crippen LogP contribution in [0, 0.1) is 11.8 Å². The highest BCUT2D eigenvalue weighted by molar-refractivity contribution is 5.83. The normalized spacial score (nSPS) is 23.2. The summed E-state index contributed by atoms with van der Waals surface area (Å²) in [5, 5.41) is 0. The Morgan fingerprint density at radius 3 is 2.20 bits per heavy atom. The summed E-state index contributed by atoms with van der Waals surface area (Å²) in [4.78, 5) is 24.5. The molecule has 20 heavy (non-hydrogen) atoms. The topological polar surface area (TPSA) is 46.6 Å². The number of ether oxygens (including phenoxy) is 1. The van der Waals surface area contributed by atoms with E-state index in [4.69, 9.17) is 4.74 Å². The molecule has 0 aromatic heterocycles. The zero-order valence-corrected chi connectivity index (χ0v) is 11.7. The van der Waals surface area contributed by atoms with E-state index in [1.54, 1.807) is 6.92 Å². The first-order valence-corrected chi connectivity index (χ1v) is 6.73. The van der Waals surface area contributed by atoms with E-state index in [0.717, 1.165) is 0 Å². The van der Waals surface area contributed by atoms with E-state index in [9.17, 15) is 22.8 Å². The maximum atomic E-state index is 12.5. The number of halogens is 3. The summed E-state index contributed by atoms with van der Waals surface area (Å²) < 4.78 is 42.3. The average molecular weight is 295 g/mol. The first-order valence-electron chi connectivity index (χ1n) is 6.73. The van der Waals surface area contributed by atoms with Gasteiger partial charge in [-0.3, -0.25) is 9.59 Å². The molecular weight excluding hydrogens is 275 g/mol. The summed E-state index contributed by atoms with van der Waals surface area (Å²) in [5.74, 6) is -2.51. The number of hydrogen-bond donors (Lipinski definition) is 0. The minimum absolute atomic E-state index is 0.0207. The van der Waals surface area contributed by atoms with Crippen LogP contribution in [0.3, 0.4) is 0 Å². The predicted molar refractivity (Wildman–Crippen MR) is 65.8 cm³/mol. The van der Waals surface area contributed by atoms with Gasteiger partial charge >= 0.3 is 12.1 Å². The van der Waals surface area contributed by atoms with Crippen LogP contribution in [0.1, 0.15) is 32.6 Å². The minimum Gasteiger partial charge on any atom is -0.465 e. The molecule has 0 heterocycles. The minimum atomic E-state index is -4.18. The third kappa shape index (κ3) is 4.68. The lowest BCUT2D eigenvalue weighted by molar-refractivity contribution is -0.185. The Bertz CT molecular complexity index is 349. The van der Waals surface area contributed by atoms with E-state index in [1.807, 2.05) is 0 Å². The number of carbonyl (C=O) groups is 2. The van der Waals surface area contributed by atoms with Crippen LogP contribution >= 0.6 is 0 Å². The SMILES string of the molecule is CCOC(=O)CN(C)C(=O)C1CCC(C(F)(F)F)CC1.